The van der Waals surface area contributed by atoms with Crippen molar-refractivity contribution in [3.05, 3.63) is 70.0 Å². The standard InChI is InChI=1S/C20H21N3O2S/c1-13-8-10-15(11-9-13)12-21-18(24)14(2)26-20-22-17-7-5-4-6-16(17)19(25)23(20)3/h4-11,14H,12H2,1-3H3,(H,21,24). The molecule has 6 heteroatoms. The van der Waals surface area contributed by atoms with E-state index in [0.717, 1.165) is 5.56 Å². The van der Waals surface area contributed by atoms with Crippen LogP contribution in [0, 0.1) is 6.92 Å². The maximum absolute atomic E-state index is 12.4. The van der Waals surface area contributed by atoms with Crippen LogP contribution in [-0.4, -0.2) is 20.7 Å². The molecule has 0 spiro atoms. The number of para-hydroxylation sites is 1. The number of hydrogen-bond donors (Lipinski definition) is 1. The third-order valence-corrected chi connectivity index (χ3v) is 5.32. The molecule has 134 valence electrons. The number of amides is 1. The van der Waals surface area contributed by atoms with E-state index in [1.54, 1.807) is 13.1 Å². The van der Waals surface area contributed by atoms with Crippen LogP contribution >= 0.6 is 11.8 Å². The number of nitrogens with one attached hydrogen (secondary N) is 1. The van der Waals surface area contributed by atoms with Gasteiger partial charge in [-0.1, -0.05) is 53.7 Å². The lowest BCUT2D eigenvalue weighted by Crippen LogP contribution is -2.31. The normalized spacial score (nSPS) is 12.1. The summed E-state index contributed by atoms with van der Waals surface area (Å²) in [6, 6.07) is 15.3. The van der Waals surface area contributed by atoms with E-state index in [1.807, 2.05) is 56.3 Å². The fourth-order valence-corrected chi connectivity index (χ4v) is 3.45. The lowest BCUT2D eigenvalue weighted by Gasteiger charge is -2.14. The number of aryl methyl sites for hydroxylation is 1. The van der Waals surface area contributed by atoms with Crippen molar-refractivity contribution >= 4 is 28.6 Å². The molecular formula is C20H21N3O2S. The summed E-state index contributed by atoms with van der Waals surface area (Å²) in [6.07, 6.45) is 0. The lowest BCUT2D eigenvalue weighted by atomic mass is 10.1. The first-order valence-corrected chi connectivity index (χ1v) is 9.29. The third kappa shape index (κ3) is 3.96. The number of aromatic nitrogens is 2. The van der Waals surface area contributed by atoms with Gasteiger partial charge < -0.3 is 5.32 Å². The fourth-order valence-electron chi connectivity index (χ4n) is 2.55. The van der Waals surface area contributed by atoms with Gasteiger partial charge in [-0.15, -0.1) is 0 Å². The Morgan fingerprint density at radius 3 is 2.62 bits per heavy atom. The Labute approximate surface area is 156 Å². The molecular weight excluding hydrogens is 346 g/mol. The molecule has 5 nitrogen and oxygen atoms in total. The number of benzene rings is 2. The van der Waals surface area contributed by atoms with Gasteiger partial charge in [0.1, 0.15) is 0 Å². The van der Waals surface area contributed by atoms with Crippen LogP contribution in [-0.2, 0) is 18.4 Å². The molecule has 1 atom stereocenters. The Morgan fingerprint density at radius 1 is 1.19 bits per heavy atom. The topological polar surface area (TPSA) is 64.0 Å². The van der Waals surface area contributed by atoms with Crippen molar-refractivity contribution in [2.45, 2.75) is 30.8 Å². The van der Waals surface area contributed by atoms with Crippen LogP contribution in [0.25, 0.3) is 10.9 Å². The third-order valence-electron chi connectivity index (χ3n) is 4.18. The smallest absolute Gasteiger partial charge is 0.261 e. The molecule has 0 aliphatic carbocycles. The van der Waals surface area contributed by atoms with Crippen molar-refractivity contribution in [2.24, 2.45) is 7.05 Å². The first-order valence-electron chi connectivity index (χ1n) is 8.41. The zero-order valence-electron chi connectivity index (χ0n) is 15.0. The predicted octanol–water partition coefficient (Wildman–Crippen LogP) is 3.04. The second kappa shape index (κ2) is 7.74. The average Bonchev–Trinajstić information content (AvgIpc) is 2.65. The SMILES string of the molecule is Cc1ccc(CNC(=O)C(C)Sc2nc3ccccc3c(=O)n2C)cc1. The quantitative estimate of drug-likeness (QED) is 0.556. The first-order chi connectivity index (χ1) is 12.5. The lowest BCUT2D eigenvalue weighted by molar-refractivity contribution is -0.120. The fraction of sp³-hybridized carbons (Fsp3) is 0.250. The number of hydrogen-bond acceptors (Lipinski definition) is 4. The maximum Gasteiger partial charge on any atom is 0.261 e. The average molecular weight is 367 g/mol. The molecule has 1 aromatic heterocycles. The molecule has 0 aliphatic heterocycles. The van der Waals surface area contributed by atoms with E-state index in [-0.39, 0.29) is 16.7 Å². The van der Waals surface area contributed by atoms with Gasteiger partial charge in [0.15, 0.2) is 5.16 Å². The van der Waals surface area contributed by atoms with E-state index in [1.165, 1.54) is 21.9 Å². The van der Waals surface area contributed by atoms with Gasteiger partial charge in [0, 0.05) is 13.6 Å². The Morgan fingerprint density at radius 2 is 1.88 bits per heavy atom. The van der Waals surface area contributed by atoms with E-state index in [4.69, 9.17) is 0 Å². The summed E-state index contributed by atoms with van der Waals surface area (Å²) in [5.74, 6) is -0.0852. The number of carbonyl (C=O) groups excluding carboxylic acids is 1. The Bertz CT molecular complexity index is 996. The first kappa shape index (κ1) is 18.2. The monoisotopic (exact) mass is 367 g/mol. The van der Waals surface area contributed by atoms with Gasteiger partial charge in [0.25, 0.3) is 5.56 Å². The number of carbonyl (C=O) groups is 1. The highest BCUT2D eigenvalue weighted by Crippen LogP contribution is 2.22. The molecule has 0 saturated heterocycles. The minimum Gasteiger partial charge on any atom is -0.351 e. The van der Waals surface area contributed by atoms with Crippen molar-refractivity contribution in [1.29, 1.82) is 0 Å². The van der Waals surface area contributed by atoms with Gasteiger partial charge in [-0.25, -0.2) is 4.98 Å². The highest BCUT2D eigenvalue weighted by atomic mass is 32.2. The zero-order chi connectivity index (χ0) is 18.7. The van der Waals surface area contributed by atoms with Gasteiger partial charge in [-0.2, -0.15) is 0 Å². The van der Waals surface area contributed by atoms with Crippen molar-refractivity contribution in [2.75, 3.05) is 0 Å². The Balaban J connectivity index is 1.71. The van der Waals surface area contributed by atoms with Crippen molar-refractivity contribution in [3.8, 4) is 0 Å². The second-order valence-electron chi connectivity index (χ2n) is 6.24. The minimum absolute atomic E-state index is 0.0852. The van der Waals surface area contributed by atoms with Crippen molar-refractivity contribution < 1.29 is 4.79 Å². The van der Waals surface area contributed by atoms with Gasteiger partial charge in [-0.3, -0.25) is 14.2 Å². The summed E-state index contributed by atoms with van der Waals surface area (Å²) in [5, 5.41) is 3.69. The zero-order valence-corrected chi connectivity index (χ0v) is 15.8. The molecule has 26 heavy (non-hydrogen) atoms. The minimum atomic E-state index is -0.361. The van der Waals surface area contributed by atoms with E-state index in [9.17, 15) is 9.59 Å². The highest BCUT2D eigenvalue weighted by Gasteiger charge is 2.18. The summed E-state index contributed by atoms with van der Waals surface area (Å²) >= 11 is 1.28. The van der Waals surface area contributed by atoms with Gasteiger partial charge in [0.2, 0.25) is 5.91 Å². The molecule has 0 radical (unpaired) electrons. The van der Waals surface area contributed by atoms with Crippen molar-refractivity contribution in [1.82, 2.24) is 14.9 Å². The maximum atomic E-state index is 12.4. The van der Waals surface area contributed by atoms with Gasteiger partial charge in [-0.05, 0) is 31.5 Å². The molecule has 0 aliphatic rings. The van der Waals surface area contributed by atoms with E-state index < -0.39 is 0 Å². The molecule has 0 saturated carbocycles. The van der Waals surface area contributed by atoms with E-state index in [0.29, 0.717) is 22.6 Å². The molecule has 0 bridgehead atoms. The largest absolute Gasteiger partial charge is 0.351 e. The van der Waals surface area contributed by atoms with Crippen LogP contribution in [0.1, 0.15) is 18.1 Å². The molecule has 3 aromatic rings. The highest BCUT2D eigenvalue weighted by molar-refractivity contribution is 8.00. The Hall–Kier alpha value is -2.60. The van der Waals surface area contributed by atoms with Gasteiger partial charge in [0.05, 0.1) is 16.2 Å². The summed E-state index contributed by atoms with van der Waals surface area (Å²) in [5.41, 5.74) is 2.78. The number of nitrogens with zero attached hydrogens (tertiary/aromatic N) is 2. The van der Waals surface area contributed by atoms with Gasteiger partial charge >= 0.3 is 0 Å². The summed E-state index contributed by atoms with van der Waals surface area (Å²) < 4.78 is 1.50. The van der Waals surface area contributed by atoms with Crippen LogP contribution in [0.4, 0.5) is 0 Å². The number of thioether (sulfide) groups is 1. The summed E-state index contributed by atoms with van der Waals surface area (Å²) in [6.45, 7) is 4.33. The van der Waals surface area contributed by atoms with Crippen molar-refractivity contribution in [3.63, 3.8) is 0 Å². The van der Waals surface area contributed by atoms with Crippen LogP contribution in [0.15, 0.2) is 58.5 Å². The molecule has 1 amide bonds. The predicted molar refractivity (Wildman–Crippen MR) is 105 cm³/mol. The molecule has 0 fully saturated rings. The molecule has 3 rings (SSSR count). The van der Waals surface area contributed by atoms with E-state index >= 15 is 0 Å². The van der Waals surface area contributed by atoms with E-state index in [2.05, 4.69) is 10.3 Å². The number of rotatable bonds is 5. The summed E-state index contributed by atoms with van der Waals surface area (Å²) in [7, 11) is 1.68. The molecule has 2 aromatic carbocycles. The summed E-state index contributed by atoms with van der Waals surface area (Å²) in [4.78, 5) is 29.4. The Kier molecular flexibility index (Phi) is 5.42. The number of fused-ring (bicyclic) bond motifs is 1. The van der Waals surface area contributed by atoms with Crippen LogP contribution in [0.5, 0.6) is 0 Å². The van der Waals surface area contributed by atoms with Crippen LogP contribution in [0.2, 0.25) is 0 Å². The van der Waals surface area contributed by atoms with Crippen LogP contribution < -0.4 is 10.9 Å². The second-order valence-corrected chi connectivity index (χ2v) is 7.55. The molecule has 1 unspecified atom stereocenters. The van der Waals surface area contributed by atoms with Crippen LogP contribution in [0.3, 0.4) is 0 Å². The molecule has 1 heterocycles. The molecule has 1 N–H and O–H groups in total.